The summed E-state index contributed by atoms with van der Waals surface area (Å²) in [5.41, 5.74) is 0.872. The highest BCUT2D eigenvalue weighted by molar-refractivity contribution is 7.80. The van der Waals surface area contributed by atoms with Crippen LogP contribution >= 0.6 is 12.6 Å². The van der Waals surface area contributed by atoms with Crippen LogP contribution in [0.1, 0.15) is 61.6 Å². The molecule has 3 rings (SSSR count). The number of hydrogen-bond acceptors (Lipinski definition) is 3. The summed E-state index contributed by atoms with van der Waals surface area (Å²) in [4.78, 5) is 17.4. The van der Waals surface area contributed by atoms with Gasteiger partial charge in [-0.1, -0.05) is 30.3 Å². The molecule has 0 spiro atoms. The maximum Gasteiger partial charge on any atom is 0.272 e. The van der Waals surface area contributed by atoms with Crippen molar-refractivity contribution < 1.29 is 18.9 Å². The molecule has 0 saturated carbocycles. The number of benzene rings is 2. The van der Waals surface area contributed by atoms with E-state index in [1.54, 1.807) is 25.7 Å². The Morgan fingerprint density at radius 2 is 1.87 bits per heavy atom. The van der Waals surface area contributed by atoms with Crippen LogP contribution in [0.15, 0.2) is 47.5 Å². The molecule has 166 valence electrons. The molecule has 7 heteroatoms. The molecule has 0 fully saturated rings. The van der Waals surface area contributed by atoms with Gasteiger partial charge in [0.2, 0.25) is 0 Å². The van der Waals surface area contributed by atoms with E-state index in [4.69, 9.17) is 0 Å². The van der Waals surface area contributed by atoms with E-state index in [0.717, 1.165) is 19.4 Å². The Balaban J connectivity index is 1.55. The molecular weight excluding hydrogens is 416 g/mol. The first kappa shape index (κ1) is 23.4. The molecule has 0 saturated heterocycles. The summed E-state index contributed by atoms with van der Waals surface area (Å²) in [6.45, 7) is 6.38. The largest absolute Gasteiger partial charge is 0.342 e. The van der Waals surface area contributed by atoms with E-state index >= 15 is 0 Å². The summed E-state index contributed by atoms with van der Waals surface area (Å²) < 4.78 is 29.5. The van der Waals surface area contributed by atoms with Crippen molar-refractivity contribution in [3.63, 3.8) is 0 Å². The van der Waals surface area contributed by atoms with Crippen molar-refractivity contribution in [3.8, 4) is 0 Å². The summed E-state index contributed by atoms with van der Waals surface area (Å²) in [5.74, 6) is -1.20. The average Bonchev–Trinajstić information content (AvgIpc) is 3.02. The molecular formula is C24H30F2N3OS+. The lowest BCUT2D eigenvalue weighted by atomic mass is 9.97. The van der Waals surface area contributed by atoms with Crippen LogP contribution in [0.25, 0.3) is 0 Å². The molecule has 2 atom stereocenters. The van der Waals surface area contributed by atoms with Crippen LogP contribution in [-0.2, 0) is 11.3 Å². The Labute approximate surface area is 188 Å². The highest BCUT2D eigenvalue weighted by Gasteiger charge is 2.41. The Morgan fingerprint density at radius 3 is 2.52 bits per heavy atom. The molecule has 0 bridgehead atoms. The number of nitrogens with zero attached hydrogens (tertiary/aromatic N) is 2. The number of rotatable bonds is 9. The van der Waals surface area contributed by atoms with Gasteiger partial charge in [0, 0.05) is 16.4 Å². The van der Waals surface area contributed by atoms with Crippen molar-refractivity contribution in [2.45, 2.75) is 57.0 Å². The average molecular weight is 447 g/mol. The lowest BCUT2D eigenvalue weighted by Gasteiger charge is -2.35. The van der Waals surface area contributed by atoms with Crippen LogP contribution in [0.2, 0.25) is 0 Å². The molecule has 0 aromatic heterocycles. The van der Waals surface area contributed by atoms with Crippen molar-refractivity contribution in [1.82, 2.24) is 4.90 Å². The Morgan fingerprint density at radius 1 is 1.16 bits per heavy atom. The quantitative estimate of drug-likeness (QED) is 0.448. The first-order valence-electron chi connectivity index (χ1n) is 10.6. The fraction of sp³-hybridized carbons (Fsp3) is 0.417. The van der Waals surface area contributed by atoms with Gasteiger partial charge in [0.1, 0.15) is 23.7 Å². The van der Waals surface area contributed by atoms with Gasteiger partial charge in [-0.2, -0.15) is 12.6 Å². The van der Waals surface area contributed by atoms with Gasteiger partial charge in [-0.3, -0.25) is 4.79 Å². The van der Waals surface area contributed by atoms with Gasteiger partial charge >= 0.3 is 0 Å². The van der Waals surface area contributed by atoms with Gasteiger partial charge in [0.25, 0.3) is 5.91 Å². The number of aliphatic imine (C=N–C) groups is 1. The van der Waals surface area contributed by atoms with E-state index in [2.05, 4.69) is 29.8 Å². The highest BCUT2D eigenvalue weighted by Crippen LogP contribution is 2.33. The zero-order valence-corrected chi connectivity index (χ0v) is 19.1. The lowest BCUT2D eigenvalue weighted by Crippen LogP contribution is -2.82. The van der Waals surface area contributed by atoms with Crippen molar-refractivity contribution in [2.75, 3.05) is 6.54 Å². The number of quaternary nitrogens is 1. The zero-order chi connectivity index (χ0) is 22.6. The summed E-state index contributed by atoms with van der Waals surface area (Å²) in [6, 6.07) is 12.1. The van der Waals surface area contributed by atoms with E-state index in [1.165, 1.54) is 24.0 Å². The number of nitrogens with two attached hydrogens (primary N) is 1. The number of carbonyl (C=O) groups excluding carboxylic acids is 1. The SMILES string of the molecule is CC(c1cc(F)c(C[NH2+]CCC[C@@H](S)c2ccccc2)cc1F)N1C=NC(=O)C1(C)C. The van der Waals surface area contributed by atoms with Gasteiger partial charge in [0.05, 0.1) is 18.9 Å². The topological polar surface area (TPSA) is 49.3 Å². The van der Waals surface area contributed by atoms with Crippen molar-refractivity contribution >= 4 is 24.9 Å². The number of hydrogen-bond donors (Lipinski definition) is 2. The molecule has 1 aliphatic rings. The molecule has 1 aliphatic heterocycles. The zero-order valence-electron chi connectivity index (χ0n) is 18.2. The monoisotopic (exact) mass is 446 g/mol. The van der Waals surface area contributed by atoms with E-state index in [9.17, 15) is 13.6 Å². The van der Waals surface area contributed by atoms with Gasteiger partial charge in [-0.25, -0.2) is 13.8 Å². The fourth-order valence-corrected chi connectivity index (χ4v) is 4.25. The van der Waals surface area contributed by atoms with Crippen LogP contribution in [0.3, 0.4) is 0 Å². The molecule has 0 radical (unpaired) electrons. The number of carbonyl (C=O) groups is 1. The second-order valence-electron chi connectivity index (χ2n) is 8.51. The molecule has 1 amide bonds. The molecule has 2 N–H and O–H groups in total. The normalized spacial score (nSPS) is 17.2. The number of amides is 1. The Bertz CT molecular complexity index is 949. The predicted octanol–water partition coefficient (Wildman–Crippen LogP) is 4.19. The third kappa shape index (κ3) is 5.33. The lowest BCUT2D eigenvalue weighted by molar-refractivity contribution is -0.671. The molecule has 31 heavy (non-hydrogen) atoms. The second kappa shape index (κ2) is 9.92. The van der Waals surface area contributed by atoms with Crippen molar-refractivity contribution in [3.05, 3.63) is 70.8 Å². The van der Waals surface area contributed by atoms with Gasteiger partial charge in [0.15, 0.2) is 0 Å². The van der Waals surface area contributed by atoms with Gasteiger partial charge in [-0.05, 0) is 51.3 Å². The first-order chi connectivity index (χ1) is 14.7. The van der Waals surface area contributed by atoms with Crippen LogP contribution in [0.5, 0.6) is 0 Å². The molecule has 2 aromatic rings. The van der Waals surface area contributed by atoms with Crippen LogP contribution in [0, 0.1) is 11.6 Å². The second-order valence-corrected chi connectivity index (χ2v) is 9.13. The summed E-state index contributed by atoms with van der Waals surface area (Å²) in [5, 5.41) is 2.16. The summed E-state index contributed by atoms with van der Waals surface area (Å²) in [7, 11) is 0. The molecule has 1 unspecified atom stereocenters. The van der Waals surface area contributed by atoms with Gasteiger partial charge in [-0.15, -0.1) is 0 Å². The van der Waals surface area contributed by atoms with Crippen LogP contribution < -0.4 is 5.32 Å². The molecule has 0 aliphatic carbocycles. The minimum Gasteiger partial charge on any atom is -0.342 e. The van der Waals surface area contributed by atoms with E-state index in [1.807, 2.05) is 23.5 Å². The number of thiol groups is 1. The maximum absolute atomic E-state index is 14.8. The van der Waals surface area contributed by atoms with Crippen molar-refractivity contribution in [1.29, 1.82) is 0 Å². The molecule has 1 heterocycles. The Hall–Kier alpha value is -2.25. The minimum atomic E-state index is -0.876. The fourth-order valence-electron chi connectivity index (χ4n) is 3.90. The molecule has 2 aromatic carbocycles. The first-order valence-corrected chi connectivity index (χ1v) is 11.1. The van der Waals surface area contributed by atoms with Gasteiger partial charge < -0.3 is 10.2 Å². The summed E-state index contributed by atoms with van der Waals surface area (Å²) in [6.07, 6.45) is 3.26. The predicted molar refractivity (Wildman–Crippen MR) is 122 cm³/mol. The van der Waals surface area contributed by atoms with E-state index in [0.29, 0.717) is 12.1 Å². The van der Waals surface area contributed by atoms with Crippen LogP contribution in [0.4, 0.5) is 8.78 Å². The van der Waals surface area contributed by atoms with Crippen molar-refractivity contribution in [2.24, 2.45) is 4.99 Å². The third-order valence-electron chi connectivity index (χ3n) is 5.94. The van der Waals surface area contributed by atoms with E-state index in [-0.39, 0.29) is 16.7 Å². The third-order valence-corrected chi connectivity index (χ3v) is 6.49. The van der Waals surface area contributed by atoms with E-state index < -0.39 is 23.2 Å². The Kier molecular flexibility index (Phi) is 7.49. The standard InChI is InChI=1S/C24H29F2N3OS/c1-16(29-15-28-23(30)24(29,2)3)19-13-20(25)18(12-21(19)26)14-27-11-7-10-22(31)17-8-5-4-6-9-17/h4-6,8-9,12-13,15-16,22,27,31H,7,10-11,14H2,1-3H3/p+1/t16?,22-/m1/s1. The maximum atomic E-state index is 14.8. The highest BCUT2D eigenvalue weighted by atomic mass is 32.1. The summed E-state index contributed by atoms with van der Waals surface area (Å²) >= 11 is 4.65. The smallest absolute Gasteiger partial charge is 0.272 e. The molecule has 4 nitrogen and oxygen atoms in total. The minimum absolute atomic E-state index is 0.176. The number of halogens is 2. The van der Waals surface area contributed by atoms with Crippen LogP contribution in [-0.4, -0.2) is 29.2 Å².